The summed E-state index contributed by atoms with van der Waals surface area (Å²) >= 11 is 6.16. The number of rotatable bonds is 4. The lowest BCUT2D eigenvalue weighted by Gasteiger charge is -2.25. The Kier molecular flexibility index (Phi) is 4.39. The summed E-state index contributed by atoms with van der Waals surface area (Å²) in [5, 5.41) is 0. The second-order valence-corrected chi connectivity index (χ2v) is 6.38. The van der Waals surface area contributed by atoms with Crippen LogP contribution in [0.3, 0.4) is 0 Å². The van der Waals surface area contributed by atoms with E-state index in [2.05, 4.69) is 16.7 Å². The molecule has 114 valence electrons. The highest BCUT2D eigenvalue weighted by molar-refractivity contribution is 6.16. The van der Waals surface area contributed by atoms with Crippen molar-refractivity contribution in [2.24, 2.45) is 0 Å². The van der Waals surface area contributed by atoms with Crippen molar-refractivity contribution in [2.75, 3.05) is 0 Å². The highest BCUT2D eigenvalue weighted by Gasteiger charge is 2.22. The van der Waals surface area contributed by atoms with Gasteiger partial charge in [0.2, 0.25) is 0 Å². The average Bonchev–Trinajstić information content (AvgIpc) is 2.87. The molecular weight excluding hydrogens is 284 g/mol. The summed E-state index contributed by atoms with van der Waals surface area (Å²) in [7, 11) is 0. The molecule has 1 aliphatic carbocycles. The molecule has 0 saturated heterocycles. The molecule has 1 aliphatic rings. The van der Waals surface area contributed by atoms with E-state index in [0.717, 1.165) is 22.6 Å². The largest absolute Gasteiger partial charge is 0.489 e. The van der Waals surface area contributed by atoms with Crippen LogP contribution in [0.5, 0.6) is 5.75 Å². The van der Waals surface area contributed by atoms with Gasteiger partial charge in [0, 0.05) is 6.04 Å². The molecule has 3 nitrogen and oxygen atoms in total. The Morgan fingerprint density at radius 3 is 2.71 bits per heavy atom. The number of aromatic nitrogens is 2. The van der Waals surface area contributed by atoms with Crippen molar-refractivity contribution in [3.8, 4) is 5.75 Å². The first-order chi connectivity index (χ1) is 10.2. The monoisotopic (exact) mass is 306 g/mol. The number of halogens is 1. The topological polar surface area (TPSA) is 27.1 Å². The minimum atomic E-state index is 0.148. The zero-order valence-electron chi connectivity index (χ0n) is 12.8. The van der Waals surface area contributed by atoms with Crippen LogP contribution in [0, 0.1) is 0 Å². The zero-order chi connectivity index (χ0) is 14.8. The first kappa shape index (κ1) is 14.7. The maximum Gasteiger partial charge on any atom is 0.147 e. The Morgan fingerprint density at radius 2 is 2.05 bits per heavy atom. The molecule has 21 heavy (non-hydrogen) atoms. The quantitative estimate of drug-likeness (QED) is 0.738. The van der Waals surface area contributed by atoms with Gasteiger partial charge in [-0.1, -0.05) is 25.3 Å². The first-order valence-corrected chi connectivity index (χ1v) is 8.46. The Bertz CT molecular complexity index is 615. The Balaban J connectivity index is 2.09. The number of fused-ring (bicyclic) bond motifs is 1. The predicted molar refractivity (Wildman–Crippen MR) is 87.2 cm³/mol. The van der Waals surface area contributed by atoms with Gasteiger partial charge < -0.3 is 9.30 Å². The number of nitrogens with zero attached hydrogens (tertiary/aromatic N) is 2. The minimum Gasteiger partial charge on any atom is -0.489 e. The molecule has 1 aromatic carbocycles. The molecule has 2 aromatic rings. The molecule has 1 fully saturated rings. The summed E-state index contributed by atoms with van der Waals surface area (Å²) in [6, 6.07) is 6.73. The number of alkyl halides is 1. The Hall–Kier alpha value is -1.22. The van der Waals surface area contributed by atoms with E-state index >= 15 is 0 Å². The van der Waals surface area contributed by atoms with Crippen molar-refractivity contribution in [1.82, 2.24) is 9.55 Å². The normalized spacial score (nSPS) is 16.8. The molecule has 1 aromatic heterocycles. The van der Waals surface area contributed by atoms with Crippen LogP contribution in [0.2, 0.25) is 0 Å². The van der Waals surface area contributed by atoms with Gasteiger partial charge in [-0.05, 0) is 38.8 Å². The van der Waals surface area contributed by atoms with Gasteiger partial charge >= 0.3 is 0 Å². The molecule has 0 spiro atoms. The van der Waals surface area contributed by atoms with Gasteiger partial charge in [0.15, 0.2) is 0 Å². The Labute approximate surface area is 131 Å². The number of benzene rings is 1. The minimum absolute atomic E-state index is 0.148. The fraction of sp³-hybridized carbons (Fsp3) is 0.588. The second-order valence-electron chi connectivity index (χ2n) is 6.11. The molecule has 3 rings (SSSR count). The third-order valence-corrected chi connectivity index (χ3v) is 4.42. The van der Waals surface area contributed by atoms with Crippen LogP contribution >= 0.6 is 11.6 Å². The maximum atomic E-state index is 6.16. The van der Waals surface area contributed by atoms with Crippen LogP contribution < -0.4 is 4.74 Å². The summed E-state index contributed by atoms with van der Waals surface area (Å²) < 4.78 is 8.26. The smallest absolute Gasteiger partial charge is 0.147 e. The molecule has 0 aliphatic heterocycles. The van der Waals surface area contributed by atoms with Crippen molar-refractivity contribution in [1.29, 1.82) is 0 Å². The van der Waals surface area contributed by atoms with E-state index in [4.69, 9.17) is 21.3 Å². The number of para-hydroxylation sites is 1. The van der Waals surface area contributed by atoms with Gasteiger partial charge in [-0.15, -0.1) is 11.6 Å². The van der Waals surface area contributed by atoms with E-state index in [-0.39, 0.29) is 6.10 Å². The number of imidazole rings is 1. The summed E-state index contributed by atoms with van der Waals surface area (Å²) in [6.45, 7) is 4.08. The summed E-state index contributed by atoms with van der Waals surface area (Å²) in [4.78, 5) is 4.77. The third kappa shape index (κ3) is 2.89. The van der Waals surface area contributed by atoms with Crippen molar-refractivity contribution in [3.63, 3.8) is 0 Å². The third-order valence-electron chi connectivity index (χ3n) is 4.18. The van der Waals surface area contributed by atoms with Crippen LogP contribution in [0.25, 0.3) is 11.0 Å². The predicted octanol–water partition coefficient (Wildman–Crippen LogP) is 5.07. The lowest BCUT2D eigenvalue weighted by atomic mass is 9.95. The highest BCUT2D eigenvalue weighted by Crippen LogP contribution is 2.35. The lowest BCUT2D eigenvalue weighted by molar-refractivity contribution is 0.245. The molecule has 0 unspecified atom stereocenters. The number of hydrogen-bond donors (Lipinski definition) is 0. The van der Waals surface area contributed by atoms with Crippen LogP contribution in [0.15, 0.2) is 18.2 Å². The molecule has 0 atom stereocenters. The van der Waals surface area contributed by atoms with Gasteiger partial charge in [0.25, 0.3) is 0 Å². The average molecular weight is 307 g/mol. The second kappa shape index (κ2) is 6.27. The van der Waals surface area contributed by atoms with E-state index in [1.807, 2.05) is 19.9 Å². The van der Waals surface area contributed by atoms with E-state index in [1.165, 1.54) is 32.1 Å². The van der Waals surface area contributed by atoms with Crippen molar-refractivity contribution in [2.45, 2.75) is 64.0 Å². The molecule has 4 heteroatoms. The zero-order valence-corrected chi connectivity index (χ0v) is 13.6. The van der Waals surface area contributed by atoms with E-state index in [9.17, 15) is 0 Å². The van der Waals surface area contributed by atoms with Crippen LogP contribution in [0.4, 0.5) is 0 Å². The maximum absolute atomic E-state index is 6.16. The van der Waals surface area contributed by atoms with Crippen molar-refractivity contribution < 1.29 is 4.74 Å². The summed E-state index contributed by atoms with van der Waals surface area (Å²) in [5.74, 6) is 2.29. The standard InChI is InChI=1S/C17H23ClN2O/c1-12(2)21-15-10-6-9-14-17(15)19-16(11-18)20(14)13-7-4-3-5-8-13/h6,9-10,12-13H,3-5,7-8,11H2,1-2H3. The van der Waals surface area contributed by atoms with Crippen LogP contribution in [-0.2, 0) is 5.88 Å². The van der Waals surface area contributed by atoms with Crippen LogP contribution in [-0.4, -0.2) is 15.7 Å². The highest BCUT2D eigenvalue weighted by atomic mass is 35.5. The fourth-order valence-electron chi connectivity index (χ4n) is 3.33. The molecule has 0 N–H and O–H groups in total. The van der Waals surface area contributed by atoms with Gasteiger partial charge in [0.05, 0.1) is 17.5 Å². The van der Waals surface area contributed by atoms with E-state index < -0.39 is 0 Å². The van der Waals surface area contributed by atoms with Gasteiger partial charge in [-0.3, -0.25) is 0 Å². The van der Waals surface area contributed by atoms with E-state index in [0.29, 0.717) is 11.9 Å². The van der Waals surface area contributed by atoms with Gasteiger partial charge in [-0.25, -0.2) is 4.98 Å². The molecule has 0 radical (unpaired) electrons. The van der Waals surface area contributed by atoms with Gasteiger partial charge in [0.1, 0.15) is 17.1 Å². The molecular formula is C17H23ClN2O. The molecule has 0 bridgehead atoms. The summed E-state index contributed by atoms with van der Waals surface area (Å²) in [5.41, 5.74) is 2.11. The number of ether oxygens (including phenoxy) is 1. The van der Waals surface area contributed by atoms with Crippen molar-refractivity contribution in [3.05, 3.63) is 24.0 Å². The van der Waals surface area contributed by atoms with Gasteiger partial charge in [-0.2, -0.15) is 0 Å². The SMILES string of the molecule is CC(C)Oc1cccc2c1nc(CCl)n2C1CCCCC1. The summed E-state index contributed by atoms with van der Waals surface area (Å²) in [6.07, 6.45) is 6.55. The fourth-order valence-corrected chi connectivity index (χ4v) is 3.52. The number of hydrogen-bond acceptors (Lipinski definition) is 2. The molecule has 1 heterocycles. The first-order valence-electron chi connectivity index (χ1n) is 7.93. The lowest BCUT2D eigenvalue weighted by Crippen LogP contribution is -2.14. The van der Waals surface area contributed by atoms with Crippen molar-refractivity contribution >= 4 is 22.6 Å². The van der Waals surface area contributed by atoms with Crippen LogP contribution in [0.1, 0.15) is 57.8 Å². The molecule has 1 saturated carbocycles. The molecule has 0 amide bonds. The van der Waals surface area contributed by atoms with E-state index in [1.54, 1.807) is 0 Å². The Morgan fingerprint density at radius 1 is 1.29 bits per heavy atom.